The van der Waals surface area contributed by atoms with E-state index < -0.39 is 22.7 Å². The van der Waals surface area contributed by atoms with Gasteiger partial charge in [-0.2, -0.15) is 0 Å². The maximum Gasteiger partial charge on any atom is 0.231 e. The third kappa shape index (κ3) is 4.01. The van der Waals surface area contributed by atoms with Crippen molar-refractivity contribution in [2.45, 2.75) is 37.7 Å². The molecule has 1 aliphatic heterocycles. The van der Waals surface area contributed by atoms with E-state index in [0.29, 0.717) is 28.1 Å². The molecule has 9 heteroatoms. The average molecular weight is 489 g/mol. The summed E-state index contributed by atoms with van der Waals surface area (Å²) in [4.78, 5) is 37.0. The van der Waals surface area contributed by atoms with Crippen LogP contribution in [0, 0.1) is 5.82 Å². The van der Waals surface area contributed by atoms with Gasteiger partial charge in [-0.1, -0.05) is 0 Å². The molecule has 2 aromatic heterocycles. The number of hydrogen-bond donors (Lipinski definition) is 3. The minimum Gasteiger partial charge on any atom is -0.489 e. The van der Waals surface area contributed by atoms with E-state index >= 15 is 0 Å². The van der Waals surface area contributed by atoms with Gasteiger partial charge >= 0.3 is 0 Å². The Hall–Kier alpha value is -4.11. The zero-order valence-corrected chi connectivity index (χ0v) is 19.8. The summed E-state index contributed by atoms with van der Waals surface area (Å²) in [6.45, 7) is 3.26. The summed E-state index contributed by atoms with van der Waals surface area (Å²) < 4.78 is 19.4. The maximum absolute atomic E-state index is 13.6. The van der Waals surface area contributed by atoms with E-state index in [-0.39, 0.29) is 30.9 Å². The highest BCUT2D eigenvalue weighted by Crippen LogP contribution is 2.45. The Labute approximate surface area is 206 Å². The number of imidazole rings is 1. The first-order valence-corrected chi connectivity index (χ1v) is 11.5. The number of rotatable bonds is 7. The molecule has 8 nitrogen and oxygen atoms in total. The number of aromatic nitrogens is 3. The number of hydrogen-bond acceptors (Lipinski definition) is 6. The molecule has 0 radical (unpaired) electrons. The molecule has 0 bridgehead atoms. The summed E-state index contributed by atoms with van der Waals surface area (Å²) in [5.74, 6) is -0.760. The van der Waals surface area contributed by atoms with Crippen molar-refractivity contribution in [1.82, 2.24) is 15.0 Å². The number of primary amides is 1. The van der Waals surface area contributed by atoms with Crippen LogP contribution in [0.3, 0.4) is 0 Å². The zero-order chi connectivity index (χ0) is 25.7. The summed E-state index contributed by atoms with van der Waals surface area (Å²) >= 11 is 0. The van der Waals surface area contributed by atoms with Gasteiger partial charge < -0.3 is 20.6 Å². The second-order valence-corrected chi connectivity index (χ2v) is 9.56. The van der Waals surface area contributed by atoms with Crippen LogP contribution in [0.25, 0.3) is 22.3 Å². The number of carbonyl (C=O) groups excluding carboxylic acids is 2. The number of fused-ring (bicyclic) bond motifs is 2. The number of ketones is 1. The first-order chi connectivity index (χ1) is 17.1. The molecule has 0 spiro atoms. The molecule has 0 saturated heterocycles. The van der Waals surface area contributed by atoms with Crippen molar-refractivity contribution >= 4 is 22.7 Å². The predicted molar refractivity (Wildman–Crippen MR) is 131 cm³/mol. The fraction of sp³-hybridized carbons (Fsp3) is 0.259. The Bertz CT molecular complexity index is 1500. The number of ether oxygens (including phenoxy) is 1. The first kappa shape index (κ1) is 23.6. The van der Waals surface area contributed by atoms with E-state index in [1.54, 1.807) is 56.6 Å². The quantitative estimate of drug-likeness (QED) is 0.340. The van der Waals surface area contributed by atoms with Crippen molar-refractivity contribution in [2.75, 3.05) is 6.61 Å². The molecule has 184 valence electrons. The number of Topliss-reactive ketones (excluding diaryl/α,β-unsaturated/α-hetero) is 1. The SMILES string of the molecule is C[C@](O)(CCC(=O)c1ccc2nc[nH]c2c1)c1cc2c(c(-c3ccc(F)cc3)n1)OC[C@]2(C)C(N)=O. The van der Waals surface area contributed by atoms with E-state index in [4.69, 9.17) is 10.5 Å². The Morgan fingerprint density at radius 1 is 1.22 bits per heavy atom. The van der Waals surface area contributed by atoms with Gasteiger partial charge in [0.05, 0.1) is 23.1 Å². The lowest BCUT2D eigenvalue weighted by Gasteiger charge is -2.26. The van der Waals surface area contributed by atoms with Gasteiger partial charge in [0.25, 0.3) is 0 Å². The van der Waals surface area contributed by atoms with Crippen molar-refractivity contribution < 1.29 is 23.8 Å². The molecular weight excluding hydrogens is 463 g/mol. The number of nitrogens with two attached hydrogens (primary N) is 1. The molecule has 3 heterocycles. The number of amides is 1. The molecule has 5 rings (SSSR count). The second kappa shape index (κ2) is 8.53. The van der Waals surface area contributed by atoms with Gasteiger partial charge in [0, 0.05) is 23.1 Å². The largest absolute Gasteiger partial charge is 0.489 e. The highest BCUT2D eigenvalue weighted by Gasteiger charge is 2.45. The van der Waals surface area contributed by atoms with Crippen LogP contribution in [0.2, 0.25) is 0 Å². The molecule has 4 N–H and O–H groups in total. The number of H-pyrrole nitrogens is 1. The van der Waals surface area contributed by atoms with Crippen molar-refractivity contribution in [3.8, 4) is 17.0 Å². The number of carbonyl (C=O) groups is 2. The number of benzene rings is 2. The average Bonchev–Trinajstić information content (AvgIpc) is 3.47. The summed E-state index contributed by atoms with van der Waals surface area (Å²) in [6, 6.07) is 12.5. The molecule has 1 aliphatic rings. The van der Waals surface area contributed by atoms with Gasteiger partial charge in [-0.15, -0.1) is 0 Å². The first-order valence-electron chi connectivity index (χ1n) is 11.5. The van der Waals surface area contributed by atoms with E-state index in [2.05, 4.69) is 15.0 Å². The van der Waals surface area contributed by atoms with Crippen molar-refractivity contribution in [3.63, 3.8) is 0 Å². The third-order valence-corrected chi connectivity index (χ3v) is 6.87. The second-order valence-electron chi connectivity index (χ2n) is 9.56. The minimum atomic E-state index is -1.52. The molecule has 2 aromatic carbocycles. The summed E-state index contributed by atoms with van der Waals surface area (Å²) in [6.07, 6.45) is 1.70. The Morgan fingerprint density at radius 2 is 1.97 bits per heavy atom. The van der Waals surface area contributed by atoms with Crippen molar-refractivity contribution in [3.05, 3.63) is 77.5 Å². The smallest absolute Gasteiger partial charge is 0.231 e. The van der Waals surface area contributed by atoms with Crippen LogP contribution in [0.4, 0.5) is 4.39 Å². The van der Waals surface area contributed by atoms with Gasteiger partial charge in [0.2, 0.25) is 5.91 Å². The van der Waals surface area contributed by atoms with Gasteiger partial charge in [0.15, 0.2) is 5.78 Å². The Balaban J connectivity index is 1.50. The molecule has 1 amide bonds. The highest BCUT2D eigenvalue weighted by molar-refractivity contribution is 5.98. The van der Waals surface area contributed by atoms with Crippen LogP contribution < -0.4 is 10.5 Å². The fourth-order valence-corrected chi connectivity index (χ4v) is 4.41. The van der Waals surface area contributed by atoms with Crippen LogP contribution in [0.5, 0.6) is 5.75 Å². The van der Waals surface area contributed by atoms with E-state index in [1.165, 1.54) is 12.1 Å². The van der Waals surface area contributed by atoms with E-state index in [9.17, 15) is 19.1 Å². The Morgan fingerprint density at radius 3 is 2.69 bits per heavy atom. The molecule has 2 atom stereocenters. The standard InChI is InChI=1S/C27H25FN4O4/c1-26(25(29)34)13-36-24-18(26)12-22(32-23(24)15-3-6-17(28)7-4-15)27(2,35)10-9-21(33)16-5-8-19-20(11-16)31-14-30-19/h3-8,11-12,14,35H,9-10,13H2,1-2H3,(H2,29,34)(H,30,31)/t26-,27-/m0/s1. The molecule has 0 fully saturated rings. The third-order valence-electron chi connectivity index (χ3n) is 6.87. The van der Waals surface area contributed by atoms with Crippen LogP contribution in [-0.4, -0.2) is 38.4 Å². The maximum atomic E-state index is 13.6. The van der Waals surface area contributed by atoms with Crippen LogP contribution >= 0.6 is 0 Å². The zero-order valence-electron chi connectivity index (χ0n) is 19.8. The number of aliphatic hydroxyl groups is 1. The number of halogens is 1. The summed E-state index contributed by atoms with van der Waals surface area (Å²) in [5, 5.41) is 11.4. The molecule has 36 heavy (non-hydrogen) atoms. The van der Waals surface area contributed by atoms with Crippen LogP contribution in [-0.2, 0) is 15.8 Å². The van der Waals surface area contributed by atoms with Gasteiger partial charge in [-0.25, -0.2) is 14.4 Å². The molecule has 0 saturated carbocycles. The summed E-state index contributed by atoms with van der Waals surface area (Å²) in [5.41, 5.74) is 6.75. The molecular formula is C27H25FN4O4. The normalized spacial score (nSPS) is 18.4. The predicted octanol–water partition coefficient (Wildman–Crippen LogP) is 3.77. The van der Waals surface area contributed by atoms with Gasteiger partial charge in [-0.3, -0.25) is 9.59 Å². The van der Waals surface area contributed by atoms with Gasteiger partial charge in [-0.05, 0) is 68.8 Å². The lowest BCUT2D eigenvalue weighted by Crippen LogP contribution is -2.40. The minimum absolute atomic E-state index is 0.0215. The topological polar surface area (TPSA) is 131 Å². The summed E-state index contributed by atoms with van der Waals surface area (Å²) in [7, 11) is 0. The molecule has 0 aliphatic carbocycles. The van der Waals surface area contributed by atoms with E-state index in [1.807, 2.05) is 0 Å². The highest BCUT2D eigenvalue weighted by atomic mass is 19.1. The van der Waals surface area contributed by atoms with Crippen molar-refractivity contribution in [1.29, 1.82) is 0 Å². The number of aromatic amines is 1. The fourth-order valence-electron chi connectivity index (χ4n) is 4.41. The number of nitrogens with one attached hydrogen (secondary N) is 1. The number of pyridine rings is 1. The van der Waals surface area contributed by atoms with Gasteiger partial charge in [0.1, 0.15) is 34.9 Å². The lowest BCUT2D eigenvalue weighted by atomic mass is 9.81. The monoisotopic (exact) mass is 488 g/mol. The number of nitrogens with zero attached hydrogens (tertiary/aromatic N) is 2. The van der Waals surface area contributed by atoms with E-state index in [0.717, 1.165) is 11.0 Å². The van der Waals surface area contributed by atoms with Crippen molar-refractivity contribution in [2.24, 2.45) is 5.73 Å². The Kier molecular flexibility index (Phi) is 5.60. The van der Waals surface area contributed by atoms with Crippen LogP contribution in [0.15, 0.2) is 54.9 Å². The molecule has 4 aromatic rings. The molecule has 0 unspecified atom stereocenters. The van der Waals surface area contributed by atoms with Crippen LogP contribution in [0.1, 0.15) is 48.3 Å². The lowest BCUT2D eigenvalue weighted by molar-refractivity contribution is -0.123.